The Balaban J connectivity index is 2.38. The van der Waals surface area contributed by atoms with Crippen molar-refractivity contribution in [2.24, 2.45) is 11.1 Å². The van der Waals surface area contributed by atoms with Gasteiger partial charge in [-0.05, 0) is 39.0 Å². The van der Waals surface area contributed by atoms with Crippen LogP contribution in [0.4, 0.5) is 0 Å². The maximum absolute atomic E-state index is 6.23. The Labute approximate surface area is 115 Å². The highest BCUT2D eigenvalue weighted by molar-refractivity contribution is 5.27. The van der Waals surface area contributed by atoms with Crippen LogP contribution in [0.25, 0.3) is 0 Å². The van der Waals surface area contributed by atoms with E-state index in [1.54, 1.807) is 0 Å². The van der Waals surface area contributed by atoms with E-state index in [9.17, 15) is 0 Å². The number of aromatic nitrogens is 2. The summed E-state index contributed by atoms with van der Waals surface area (Å²) >= 11 is 0. The standard InChI is InChI=1S/C15H25N3O/c1-6-19-15(4,5)13-17-9-10-11(16)7-14(2,3)8-12(10)18-13/h9,11H,6-8,16H2,1-5H3. The van der Waals surface area contributed by atoms with Crippen molar-refractivity contribution in [3.63, 3.8) is 0 Å². The van der Waals surface area contributed by atoms with Crippen molar-refractivity contribution in [1.82, 2.24) is 9.97 Å². The second-order valence-electron chi connectivity index (χ2n) is 6.69. The van der Waals surface area contributed by atoms with Crippen LogP contribution in [0.1, 0.15) is 64.2 Å². The normalized spacial score (nSPS) is 22.1. The van der Waals surface area contributed by atoms with Gasteiger partial charge in [0, 0.05) is 30.1 Å². The lowest BCUT2D eigenvalue weighted by atomic mass is 9.74. The minimum Gasteiger partial charge on any atom is -0.368 e. The van der Waals surface area contributed by atoms with E-state index < -0.39 is 5.60 Å². The van der Waals surface area contributed by atoms with Crippen LogP contribution >= 0.6 is 0 Å². The second-order valence-corrected chi connectivity index (χ2v) is 6.69. The zero-order valence-electron chi connectivity index (χ0n) is 12.7. The zero-order chi connectivity index (χ0) is 14.3. The van der Waals surface area contributed by atoms with Crippen molar-refractivity contribution >= 4 is 0 Å². The summed E-state index contributed by atoms with van der Waals surface area (Å²) in [4.78, 5) is 9.20. The van der Waals surface area contributed by atoms with Crippen LogP contribution in [-0.4, -0.2) is 16.6 Å². The first-order valence-corrected chi connectivity index (χ1v) is 7.01. The van der Waals surface area contributed by atoms with Gasteiger partial charge in [0.15, 0.2) is 5.82 Å². The molecule has 2 rings (SSSR count). The molecule has 19 heavy (non-hydrogen) atoms. The number of fused-ring (bicyclic) bond motifs is 1. The molecule has 0 saturated heterocycles. The molecule has 0 spiro atoms. The quantitative estimate of drug-likeness (QED) is 0.911. The molecule has 4 heteroatoms. The van der Waals surface area contributed by atoms with Gasteiger partial charge in [0.25, 0.3) is 0 Å². The third-order valence-electron chi connectivity index (χ3n) is 3.76. The molecule has 1 heterocycles. The van der Waals surface area contributed by atoms with Crippen molar-refractivity contribution in [1.29, 1.82) is 0 Å². The largest absolute Gasteiger partial charge is 0.368 e. The smallest absolute Gasteiger partial charge is 0.159 e. The minimum atomic E-state index is -0.449. The average molecular weight is 263 g/mol. The SMILES string of the molecule is CCOC(C)(C)c1ncc2c(n1)CC(C)(C)CC2N. The maximum atomic E-state index is 6.23. The molecule has 1 unspecified atom stereocenters. The van der Waals surface area contributed by atoms with Gasteiger partial charge in [-0.3, -0.25) is 0 Å². The molecule has 1 aliphatic rings. The average Bonchev–Trinajstić information content (AvgIpc) is 2.26. The van der Waals surface area contributed by atoms with E-state index in [0.717, 1.165) is 29.9 Å². The summed E-state index contributed by atoms with van der Waals surface area (Å²) in [6.45, 7) is 11.1. The molecule has 0 saturated carbocycles. The fourth-order valence-electron chi connectivity index (χ4n) is 2.82. The van der Waals surface area contributed by atoms with E-state index in [0.29, 0.717) is 6.61 Å². The Morgan fingerprint density at radius 1 is 1.47 bits per heavy atom. The van der Waals surface area contributed by atoms with Crippen LogP contribution < -0.4 is 5.73 Å². The van der Waals surface area contributed by atoms with Crippen molar-refractivity contribution in [3.05, 3.63) is 23.3 Å². The fourth-order valence-corrected chi connectivity index (χ4v) is 2.82. The molecule has 0 bridgehead atoms. The van der Waals surface area contributed by atoms with Crippen LogP contribution in [0.2, 0.25) is 0 Å². The van der Waals surface area contributed by atoms with E-state index in [1.807, 2.05) is 27.0 Å². The number of ether oxygens (including phenoxy) is 1. The maximum Gasteiger partial charge on any atom is 0.159 e. The molecule has 1 aromatic heterocycles. The van der Waals surface area contributed by atoms with Gasteiger partial charge in [0.05, 0.1) is 0 Å². The molecule has 106 valence electrons. The Kier molecular flexibility index (Phi) is 3.67. The van der Waals surface area contributed by atoms with Gasteiger partial charge >= 0.3 is 0 Å². The van der Waals surface area contributed by atoms with Crippen molar-refractivity contribution in [2.45, 2.75) is 59.1 Å². The highest BCUT2D eigenvalue weighted by Gasteiger charge is 2.33. The summed E-state index contributed by atoms with van der Waals surface area (Å²) in [5.74, 6) is 0.748. The van der Waals surface area contributed by atoms with E-state index in [-0.39, 0.29) is 11.5 Å². The molecule has 0 fully saturated rings. The summed E-state index contributed by atoms with van der Waals surface area (Å²) in [6, 6.07) is 0.0444. The molecule has 2 N–H and O–H groups in total. The first-order valence-electron chi connectivity index (χ1n) is 7.01. The third-order valence-corrected chi connectivity index (χ3v) is 3.76. The number of hydrogen-bond acceptors (Lipinski definition) is 4. The fraction of sp³-hybridized carbons (Fsp3) is 0.733. The molecule has 1 aliphatic carbocycles. The second kappa shape index (κ2) is 4.84. The minimum absolute atomic E-state index is 0.0444. The van der Waals surface area contributed by atoms with Gasteiger partial charge in [0.1, 0.15) is 5.60 Å². The van der Waals surface area contributed by atoms with Gasteiger partial charge in [-0.25, -0.2) is 9.97 Å². The van der Waals surface area contributed by atoms with E-state index >= 15 is 0 Å². The topological polar surface area (TPSA) is 61.0 Å². The monoisotopic (exact) mass is 263 g/mol. The van der Waals surface area contributed by atoms with Gasteiger partial charge in [-0.1, -0.05) is 13.8 Å². The highest BCUT2D eigenvalue weighted by Crippen LogP contribution is 2.39. The predicted octanol–water partition coefficient (Wildman–Crippen LogP) is 2.72. The summed E-state index contributed by atoms with van der Waals surface area (Å²) in [5.41, 5.74) is 8.16. The number of nitrogens with zero attached hydrogens (tertiary/aromatic N) is 2. The summed E-state index contributed by atoms with van der Waals surface area (Å²) in [7, 11) is 0. The molecule has 0 radical (unpaired) electrons. The Hall–Kier alpha value is -1.00. The Bertz CT molecular complexity index is 468. The van der Waals surface area contributed by atoms with Gasteiger partial charge < -0.3 is 10.5 Å². The summed E-state index contributed by atoms with van der Waals surface area (Å²) < 4.78 is 5.73. The van der Waals surface area contributed by atoms with Crippen LogP contribution in [0.15, 0.2) is 6.20 Å². The summed E-state index contributed by atoms with van der Waals surface area (Å²) in [6.07, 6.45) is 3.82. The lowest BCUT2D eigenvalue weighted by Gasteiger charge is -2.35. The first kappa shape index (κ1) is 14.4. The molecule has 0 aliphatic heterocycles. The molecule has 0 aromatic carbocycles. The van der Waals surface area contributed by atoms with E-state index in [2.05, 4.69) is 18.8 Å². The van der Waals surface area contributed by atoms with Crippen LogP contribution in [-0.2, 0) is 16.8 Å². The lowest BCUT2D eigenvalue weighted by molar-refractivity contribution is -0.0211. The van der Waals surface area contributed by atoms with Crippen LogP contribution in [0, 0.1) is 5.41 Å². The molecule has 1 aromatic rings. The molecule has 0 amide bonds. The van der Waals surface area contributed by atoms with Gasteiger partial charge in [0.2, 0.25) is 0 Å². The number of nitrogens with two attached hydrogens (primary N) is 1. The Morgan fingerprint density at radius 2 is 2.16 bits per heavy atom. The number of rotatable bonds is 3. The van der Waals surface area contributed by atoms with E-state index in [4.69, 9.17) is 15.5 Å². The third kappa shape index (κ3) is 2.95. The molecule has 4 nitrogen and oxygen atoms in total. The van der Waals surface area contributed by atoms with Gasteiger partial charge in [-0.2, -0.15) is 0 Å². The van der Waals surface area contributed by atoms with Crippen molar-refractivity contribution in [3.8, 4) is 0 Å². The first-order chi connectivity index (χ1) is 8.75. The zero-order valence-corrected chi connectivity index (χ0v) is 12.7. The molecular formula is C15H25N3O. The Morgan fingerprint density at radius 3 is 2.79 bits per heavy atom. The van der Waals surface area contributed by atoms with E-state index in [1.165, 1.54) is 0 Å². The number of hydrogen-bond donors (Lipinski definition) is 1. The van der Waals surface area contributed by atoms with Crippen LogP contribution in [0.3, 0.4) is 0 Å². The van der Waals surface area contributed by atoms with Crippen molar-refractivity contribution < 1.29 is 4.74 Å². The van der Waals surface area contributed by atoms with Gasteiger partial charge in [-0.15, -0.1) is 0 Å². The predicted molar refractivity (Wildman–Crippen MR) is 75.7 cm³/mol. The molecule has 1 atom stereocenters. The summed E-state index contributed by atoms with van der Waals surface area (Å²) in [5, 5.41) is 0. The molecular weight excluding hydrogens is 238 g/mol. The van der Waals surface area contributed by atoms with Crippen LogP contribution in [0.5, 0.6) is 0 Å². The van der Waals surface area contributed by atoms with Crippen molar-refractivity contribution in [2.75, 3.05) is 6.61 Å². The lowest BCUT2D eigenvalue weighted by Crippen LogP contribution is -2.33. The highest BCUT2D eigenvalue weighted by atomic mass is 16.5.